The summed E-state index contributed by atoms with van der Waals surface area (Å²) in [6.45, 7) is 0. The summed E-state index contributed by atoms with van der Waals surface area (Å²) in [6, 6.07) is 7.89. The first-order valence-electron chi connectivity index (χ1n) is 4.61. The van der Waals surface area contributed by atoms with Crippen LogP contribution in [0.15, 0.2) is 24.3 Å². The third kappa shape index (κ3) is 1.92. The molecular formula is C10H11N3OS. The van der Waals surface area contributed by atoms with E-state index in [9.17, 15) is 4.79 Å². The zero-order valence-corrected chi connectivity index (χ0v) is 8.80. The van der Waals surface area contributed by atoms with Crippen molar-refractivity contribution in [3.8, 4) is 0 Å². The molecule has 5 heteroatoms. The Morgan fingerprint density at radius 3 is 2.80 bits per heavy atom. The second-order valence-corrected chi connectivity index (χ2v) is 3.87. The largest absolute Gasteiger partial charge is 0.375 e. The second-order valence-electron chi connectivity index (χ2n) is 3.43. The highest BCUT2D eigenvalue weighted by molar-refractivity contribution is 7.80. The summed E-state index contributed by atoms with van der Waals surface area (Å²) in [7, 11) is 0. The van der Waals surface area contributed by atoms with Crippen molar-refractivity contribution in [3.05, 3.63) is 35.4 Å². The average molecular weight is 221 g/mol. The van der Waals surface area contributed by atoms with Crippen LogP contribution in [0.2, 0.25) is 0 Å². The molecule has 4 N–H and O–H groups in total. The number of nitrogens with two attached hydrogens (primary N) is 1. The molecular weight excluding hydrogens is 210 g/mol. The normalized spacial score (nSPS) is 17.2. The molecule has 1 aromatic carbocycles. The lowest BCUT2D eigenvalue weighted by atomic mass is 9.77. The number of carbonyl (C=O) groups excluding carboxylic acids is 1. The Morgan fingerprint density at radius 1 is 1.40 bits per heavy atom. The molecule has 0 bridgehead atoms. The van der Waals surface area contributed by atoms with Crippen molar-refractivity contribution in [3.63, 3.8) is 0 Å². The molecule has 1 atom stereocenters. The number of carbonyl (C=O) groups is 1. The topological polar surface area (TPSA) is 67.2 Å². The standard InChI is InChI=1S/C10H11N3OS/c11-10(15)13-12-9(14)8-5-6-3-1-2-4-7(6)8/h1-4,8H,5H2,(H,12,14)(H3,11,13,15). The Labute approximate surface area is 92.8 Å². The number of rotatable bonds is 1. The fraction of sp³-hybridized carbons (Fsp3) is 0.200. The van der Waals surface area contributed by atoms with Crippen LogP contribution in [-0.4, -0.2) is 11.0 Å². The van der Waals surface area contributed by atoms with Gasteiger partial charge in [-0.25, -0.2) is 0 Å². The summed E-state index contributed by atoms with van der Waals surface area (Å²) in [5.74, 6) is -0.176. The first kappa shape index (κ1) is 9.92. The average Bonchev–Trinajstić information content (AvgIpc) is 2.17. The molecule has 0 aromatic heterocycles. The second kappa shape index (κ2) is 3.86. The van der Waals surface area contributed by atoms with Crippen LogP contribution >= 0.6 is 12.2 Å². The minimum Gasteiger partial charge on any atom is -0.375 e. The van der Waals surface area contributed by atoms with Crippen LogP contribution in [0.3, 0.4) is 0 Å². The summed E-state index contributed by atoms with van der Waals surface area (Å²) in [5.41, 5.74) is 12.4. The van der Waals surface area contributed by atoms with E-state index in [-0.39, 0.29) is 16.9 Å². The third-order valence-electron chi connectivity index (χ3n) is 2.48. The molecule has 78 valence electrons. The highest BCUT2D eigenvalue weighted by Crippen LogP contribution is 2.34. The van der Waals surface area contributed by atoms with E-state index in [0.717, 1.165) is 12.0 Å². The van der Waals surface area contributed by atoms with Gasteiger partial charge in [0.05, 0.1) is 5.92 Å². The summed E-state index contributed by atoms with van der Waals surface area (Å²) >= 11 is 4.58. The Kier molecular flexibility index (Phi) is 2.55. The maximum absolute atomic E-state index is 11.6. The number of fused-ring (bicyclic) bond motifs is 1. The highest BCUT2D eigenvalue weighted by Gasteiger charge is 2.31. The predicted octanol–water partition coefficient (Wildman–Crippen LogP) is 0.191. The predicted molar refractivity (Wildman–Crippen MR) is 61.0 cm³/mol. The minimum absolute atomic E-state index is 0.0657. The van der Waals surface area contributed by atoms with E-state index in [2.05, 4.69) is 23.1 Å². The van der Waals surface area contributed by atoms with Crippen molar-refractivity contribution >= 4 is 23.2 Å². The molecule has 1 unspecified atom stereocenters. The van der Waals surface area contributed by atoms with E-state index in [1.165, 1.54) is 5.56 Å². The number of hydrogen-bond acceptors (Lipinski definition) is 2. The van der Waals surface area contributed by atoms with Crippen molar-refractivity contribution < 1.29 is 4.79 Å². The quantitative estimate of drug-likeness (QED) is 0.468. The maximum atomic E-state index is 11.6. The Morgan fingerprint density at radius 2 is 2.13 bits per heavy atom. The molecule has 1 aliphatic carbocycles. The molecule has 2 rings (SSSR count). The number of nitrogens with one attached hydrogen (secondary N) is 2. The Hall–Kier alpha value is -1.62. The van der Waals surface area contributed by atoms with Gasteiger partial charge in [-0.2, -0.15) is 0 Å². The van der Waals surface area contributed by atoms with Crippen molar-refractivity contribution in [1.82, 2.24) is 10.9 Å². The van der Waals surface area contributed by atoms with Gasteiger partial charge in [-0.15, -0.1) is 0 Å². The molecule has 1 aliphatic rings. The zero-order valence-electron chi connectivity index (χ0n) is 7.99. The smallest absolute Gasteiger partial charge is 0.246 e. The SMILES string of the molecule is NC(=S)NNC(=O)C1Cc2ccccc21. The number of hydrogen-bond donors (Lipinski definition) is 3. The number of thiocarbonyl (C=S) groups is 1. The molecule has 0 saturated heterocycles. The van der Waals surface area contributed by atoms with Crippen molar-refractivity contribution in [2.24, 2.45) is 5.73 Å². The highest BCUT2D eigenvalue weighted by atomic mass is 32.1. The minimum atomic E-state index is -0.0958. The van der Waals surface area contributed by atoms with Crippen LogP contribution in [0.4, 0.5) is 0 Å². The van der Waals surface area contributed by atoms with Crippen molar-refractivity contribution in [2.75, 3.05) is 0 Å². The van der Waals surface area contributed by atoms with E-state index in [1.54, 1.807) is 0 Å². The Balaban J connectivity index is 1.98. The number of amides is 1. The maximum Gasteiger partial charge on any atom is 0.246 e. The van der Waals surface area contributed by atoms with Gasteiger partial charge < -0.3 is 5.73 Å². The summed E-state index contributed by atoms with van der Waals surface area (Å²) in [5, 5.41) is 0.0657. The van der Waals surface area contributed by atoms with E-state index in [0.29, 0.717) is 0 Å². The lowest BCUT2D eigenvalue weighted by Gasteiger charge is -2.28. The number of benzene rings is 1. The molecule has 0 aliphatic heterocycles. The van der Waals surface area contributed by atoms with Gasteiger partial charge in [0.1, 0.15) is 0 Å². The first-order valence-corrected chi connectivity index (χ1v) is 5.02. The zero-order chi connectivity index (χ0) is 10.8. The molecule has 15 heavy (non-hydrogen) atoms. The number of hydrazine groups is 1. The lowest BCUT2D eigenvalue weighted by molar-refractivity contribution is -0.123. The van der Waals surface area contributed by atoms with Gasteiger partial charge in [0.25, 0.3) is 0 Å². The van der Waals surface area contributed by atoms with Gasteiger partial charge in [0.2, 0.25) is 5.91 Å². The Bertz CT molecular complexity index is 419. The molecule has 1 aromatic rings. The molecule has 0 heterocycles. The van der Waals surface area contributed by atoms with Crippen LogP contribution < -0.4 is 16.6 Å². The van der Waals surface area contributed by atoms with Crippen molar-refractivity contribution in [2.45, 2.75) is 12.3 Å². The van der Waals surface area contributed by atoms with Crippen LogP contribution in [0.25, 0.3) is 0 Å². The van der Waals surface area contributed by atoms with Gasteiger partial charge in [0.15, 0.2) is 5.11 Å². The fourth-order valence-electron chi connectivity index (χ4n) is 1.70. The molecule has 4 nitrogen and oxygen atoms in total. The van der Waals surface area contributed by atoms with E-state index in [4.69, 9.17) is 5.73 Å². The first-order chi connectivity index (χ1) is 7.18. The van der Waals surface area contributed by atoms with Crippen LogP contribution in [-0.2, 0) is 11.2 Å². The molecule has 0 spiro atoms. The van der Waals surface area contributed by atoms with Gasteiger partial charge in [0, 0.05) is 0 Å². The summed E-state index contributed by atoms with van der Waals surface area (Å²) < 4.78 is 0. The lowest BCUT2D eigenvalue weighted by Crippen LogP contribution is -2.47. The van der Waals surface area contributed by atoms with Gasteiger partial charge in [-0.1, -0.05) is 24.3 Å². The molecule has 0 fully saturated rings. The van der Waals surface area contributed by atoms with Crippen LogP contribution in [0, 0.1) is 0 Å². The van der Waals surface area contributed by atoms with E-state index in [1.807, 2.05) is 24.3 Å². The van der Waals surface area contributed by atoms with Gasteiger partial charge in [-0.05, 0) is 29.8 Å². The van der Waals surface area contributed by atoms with Crippen molar-refractivity contribution in [1.29, 1.82) is 0 Å². The van der Waals surface area contributed by atoms with Crippen LogP contribution in [0.1, 0.15) is 17.0 Å². The molecule has 0 radical (unpaired) electrons. The van der Waals surface area contributed by atoms with E-state index < -0.39 is 0 Å². The van der Waals surface area contributed by atoms with Gasteiger partial charge in [-0.3, -0.25) is 15.6 Å². The monoisotopic (exact) mass is 221 g/mol. The fourth-order valence-corrected chi connectivity index (χ4v) is 1.75. The third-order valence-corrected chi connectivity index (χ3v) is 2.58. The summed E-state index contributed by atoms with van der Waals surface area (Å²) in [6.07, 6.45) is 0.779. The summed E-state index contributed by atoms with van der Waals surface area (Å²) in [4.78, 5) is 11.6. The molecule has 0 saturated carbocycles. The van der Waals surface area contributed by atoms with Crippen LogP contribution in [0.5, 0.6) is 0 Å². The van der Waals surface area contributed by atoms with E-state index >= 15 is 0 Å². The van der Waals surface area contributed by atoms with Gasteiger partial charge >= 0.3 is 0 Å². The molecule has 1 amide bonds.